The Kier molecular flexibility index (Phi) is 8.98. The van der Waals surface area contributed by atoms with E-state index < -0.39 is 18.1 Å². The first kappa shape index (κ1) is 34.3. The average Bonchev–Trinajstić information content (AvgIpc) is 3.78. The molecule has 2 saturated heterocycles. The van der Waals surface area contributed by atoms with Crippen molar-refractivity contribution in [2.75, 3.05) is 54.4 Å². The van der Waals surface area contributed by atoms with Crippen LogP contribution in [0, 0.1) is 5.82 Å². The van der Waals surface area contributed by atoms with Gasteiger partial charge in [-0.2, -0.15) is 0 Å². The Hall–Kier alpha value is -6.48. The van der Waals surface area contributed by atoms with Crippen LogP contribution in [0.5, 0.6) is 0 Å². The summed E-state index contributed by atoms with van der Waals surface area (Å²) in [7, 11) is 0. The van der Waals surface area contributed by atoms with Crippen LogP contribution in [0.1, 0.15) is 40.5 Å². The highest BCUT2D eigenvalue weighted by atomic mass is 19.1. The molecule has 0 aliphatic carbocycles. The maximum absolute atomic E-state index is 14.1. The molecule has 2 aromatic carbocycles. The average molecular weight is 740 g/mol. The first-order valence-electron chi connectivity index (χ1n) is 18.4. The van der Waals surface area contributed by atoms with E-state index in [9.17, 15) is 18.8 Å². The van der Waals surface area contributed by atoms with Gasteiger partial charge in [-0.25, -0.2) is 18.9 Å². The number of anilines is 3. The molecule has 2 N–H and O–H groups in total. The number of amides is 3. The summed E-state index contributed by atoms with van der Waals surface area (Å²) in [6.45, 7) is 5.29. The molecule has 0 saturated carbocycles. The molecule has 15 heteroatoms. The van der Waals surface area contributed by atoms with Crippen LogP contribution in [0.3, 0.4) is 0 Å². The van der Waals surface area contributed by atoms with E-state index in [0.717, 1.165) is 66.7 Å². The second kappa shape index (κ2) is 14.4. The predicted molar refractivity (Wildman–Crippen MR) is 205 cm³/mol. The minimum Gasteiger partial charge on any atom is -0.384 e. The lowest BCUT2D eigenvalue weighted by Gasteiger charge is -2.35. The van der Waals surface area contributed by atoms with Gasteiger partial charge in [-0.1, -0.05) is 24.3 Å². The number of hydrogen-bond acceptors (Lipinski definition) is 11. The molecule has 55 heavy (non-hydrogen) atoms. The third-order valence-electron chi connectivity index (χ3n) is 10.6. The van der Waals surface area contributed by atoms with Crippen molar-refractivity contribution in [1.29, 1.82) is 0 Å². The van der Waals surface area contributed by atoms with Crippen molar-refractivity contribution in [3.8, 4) is 11.4 Å². The molecule has 5 aromatic rings. The molecule has 4 aliphatic rings. The Bertz CT molecular complexity index is 2370. The van der Waals surface area contributed by atoms with Crippen LogP contribution in [0.25, 0.3) is 17.0 Å². The number of piperazine rings is 1. The number of imide groups is 1. The molecule has 0 bridgehead atoms. The minimum absolute atomic E-state index is 0.176. The minimum atomic E-state index is -0.622. The van der Waals surface area contributed by atoms with Crippen molar-refractivity contribution in [2.45, 2.75) is 31.6 Å². The van der Waals surface area contributed by atoms with E-state index >= 15 is 0 Å². The van der Waals surface area contributed by atoms with Crippen LogP contribution in [-0.4, -0.2) is 98.6 Å². The third-order valence-corrected chi connectivity index (χ3v) is 10.6. The summed E-state index contributed by atoms with van der Waals surface area (Å²) >= 11 is 0. The largest absolute Gasteiger partial charge is 0.384 e. The van der Waals surface area contributed by atoms with Crippen LogP contribution in [0.4, 0.5) is 21.7 Å². The maximum atomic E-state index is 14.1. The lowest BCUT2D eigenvalue weighted by molar-refractivity contribution is -0.136. The van der Waals surface area contributed by atoms with E-state index in [1.807, 2.05) is 71.8 Å². The topological polar surface area (TPSA) is 144 Å². The number of benzene rings is 2. The molecular formula is C40H38FN11O3. The van der Waals surface area contributed by atoms with Gasteiger partial charge in [0.1, 0.15) is 23.4 Å². The number of fused-ring (bicyclic) bond motifs is 2. The van der Waals surface area contributed by atoms with Gasteiger partial charge in [0.2, 0.25) is 11.8 Å². The molecule has 0 spiro atoms. The van der Waals surface area contributed by atoms with Gasteiger partial charge < -0.3 is 20.0 Å². The number of hydrogen-bond donors (Lipinski definition) is 2. The van der Waals surface area contributed by atoms with Crippen LogP contribution >= 0.6 is 0 Å². The molecule has 3 amide bonds. The number of piperidine rings is 1. The maximum Gasteiger partial charge on any atom is 0.255 e. The number of rotatable bonds is 9. The number of allylic oxidation sites excluding steroid dienone is 1. The molecular weight excluding hydrogens is 702 g/mol. The molecule has 3 aromatic heterocycles. The zero-order chi connectivity index (χ0) is 37.5. The molecule has 14 nitrogen and oxygen atoms in total. The van der Waals surface area contributed by atoms with Crippen LogP contribution in [-0.2, 0) is 16.1 Å². The fraction of sp³-hybridized carbons (Fsp3) is 0.275. The highest BCUT2D eigenvalue weighted by Crippen LogP contribution is 2.32. The van der Waals surface area contributed by atoms with Gasteiger partial charge in [0.05, 0.1) is 11.9 Å². The standard InChI is InChI=1S/C40H38FN11O3/c41-28-5-1-4-26(22-28)38-43-14-3-16-50(38)36-12-11-34-44-24-33(52(34)47-36)31-6-2-7-35(45-31)49-20-18-48(19-21-49)17-15-42-29-9-8-27-25-51(40(55)30(27)23-29)32-10-13-37(53)46-39(32)54/h1-9,11-12,14,16,22-24,32,38,42H,10,13,15,17-21,25H2,(H,46,53,54)/t32?,38-/m1/s1. The van der Waals surface area contributed by atoms with Crippen molar-refractivity contribution < 1.29 is 18.8 Å². The summed E-state index contributed by atoms with van der Waals surface area (Å²) in [5, 5.41) is 10.8. The summed E-state index contributed by atoms with van der Waals surface area (Å²) in [6.07, 6.45) is 7.33. The Morgan fingerprint density at radius 2 is 1.80 bits per heavy atom. The molecule has 0 radical (unpaired) electrons. The Morgan fingerprint density at radius 3 is 2.65 bits per heavy atom. The summed E-state index contributed by atoms with van der Waals surface area (Å²) in [5.41, 5.74) is 5.26. The lowest BCUT2D eigenvalue weighted by Crippen LogP contribution is -2.52. The van der Waals surface area contributed by atoms with Crippen molar-refractivity contribution >= 4 is 46.9 Å². The molecule has 9 rings (SSSR count). The van der Waals surface area contributed by atoms with Crippen LogP contribution < -0.4 is 20.4 Å². The highest BCUT2D eigenvalue weighted by Gasteiger charge is 2.39. The number of nitrogens with zero attached hydrogens (tertiary/aromatic N) is 9. The molecule has 2 fully saturated rings. The van der Waals surface area contributed by atoms with Crippen molar-refractivity contribution in [3.63, 3.8) is 0 Å². The van der Waals surface area contributed by atoms with Gasteiger partial charge in [-0.15, -0.1) is 5.10 Å². The summed E-state index contributed by atoms with van der Waals surface area (Å²) < 4.78 is 15.9. The number of carbonyl (C=O) groups excluding carboxylic acids is 3. The Morgan fingerprint density at radius 1 is 0.927 bits per heavy atom. The fourth-order valence-electron chi connectivity index (χ4n) is 7.67. The number of imidazole rings is 1. The number of aliphatic imine (C=N–C) groups is 1. The Labute approximate surface area is 316 Å². The van der Waals surface area contributed by atoms with E-state index in [2.05, 4.69) is 30.4 Å². The monoisotopic (exact) mass is 739 g/mol. The van der Waals surface area contributed by atoms with Gasteiger partial charge in [0.15, 0.2) is 17.6 Å². The van der Waals surface area contributed by atoms with Crippen molar-refractivity contribution in [3.05, 3.63) is 114 Å². The molecule has 4 aliphatic heterocycles. The van der Waals surface area contributed by atoms with Gasteiger partial charge in [-0.3, -0.25) is 29.6 Å². The number of aromatic nitrogens is 4. The van der Waals surface area contributed by atoms with Gasteiger partial charge in [0, 0.05) is 75.9 Å². The van der Waals surface area contributed by atoms with E-state index in [4.69, 9.17) is 10.1 Å². The third kappa shape index (κ3) is 6.78. The van der Waals surface area contributed by atoms with Gasteiger partial charge in [0.25, 0.3) is 5.91 Å². The summed E-state index contributed by atoms with van der Waals surface area (Å²) in [4.78, 5) is 59.6. The zero-order valence-corrected chi connectivity index (χ0v) is 29.9. The molecule has 1 unspecified atom stereocenters. The van der Waals surface area contributed by atoms with Gasteiger partial charge in [-0.05, 0) is 72.2 Å². The highest BCUT2D eigenvalue weighted by molar-refractivity contribution is 6.05. The first-order chi connectivity index (χ1) is 26.9. The number of pyridine rings is 1. The smallest absolute Gasteiger partial charge is 0.255 e. The molecule has 2 atom stereocenters. The number of nitrogens with one attached hydrogen (secondary N) is 2. The van der Waals surface area contributed by atoms with Gasteiger partial charge >= 0.3 is 0 Å². The van der Waals surface area contributed by atoms with E-state index in [1.54, 1.807) is 27.9 Å². The van der Waals surface area contributed by atoms with Crippen molar-refractivity contribution in [2.24, 2.45) is 4.99 Å². The summed E-state index contributed by atoms with van der Waals surface area (Å²) in [6, 6.07) is 21.4. The number of carbonyl (C=O) groups is 3. The number of halogens is 1. The predicted octanol–water partition coefficient (Wildman–Crippen LogP) is 4.03. The first-order valence-corrected chi connectivity index (χ1v) is 18.4. The van der Waals surface area contributed by atoms with Crippen LogP contribution in [0.2, 0.25) is 0 Å². The second-order valence-corrected chi connectivity index (χ2v) is 14.0. The van der Waals surface area contributed by atoms with E-state index in [1.165, 1.54) is 12.1 Å². The van der Waals surface area contributed by atoms with E-state index in [0.29, 0.717) is 36.5 Å². The zero-order valence-electron chi connectivity index (χ0n) is 29.9. The lowest BCUT2D eigenvalue weighted by atomic mass is 10.0. The fourth-order valence-corrected chi connectivity index (χ4v) is 7.67. The quantitative estimate of drug-likeness (QED) is 0.213. The molecule has 278 valence electrons. The summed E-state index contributed by atoms with van der Waals surface area (Å²) in [5.74, 6) is 0.329. The van der Waals surface area contributed by atoms with Crippen molar-refractivity contribution in [1.82, 2.24) is 34.7 Å². The Balaban J connectivity index is 0.817. The second-order valence-electron chi connectivity index (χ2n) is 14.0. The normalized spacial score (nSPS) is 20.0. The van der Waals surface area contributed by atoms with Crippen LogP contribution in [0.15, 0.2) is 96.3 Å². The van der Waals surface area contributed by atoms with E-state index in [-0.39, 0.29) is 24.1 Å². The molecule has 7 heterocycles. The SMILES string of the molecule is O=C1CCC(N2Cc3ccc(NCCN4CCN(c5cccc(-c6cnc7ccc(N8C=CC=N[C@H]8c8cccc(F)c8)nn67)n5)CC4)cc3C2=O)C(=O)N1.